The van der Waals surface area contributed by atoms with E-state index in [9.17, 15) is 4.39 Å². The minimum Gasteiger partial charge on any atom is -0.331 e. The van der Waals surface area contributed by atoms with Crippen molar-refractivity contribution in [3.63, 3.8) is 0 Å². The third-order valence-electron chi connectivity index (χ3n) is 2.79. The van der Waals surface area contributed by atoms with Crippen LogP contribution < -0.4 is 5.32 Å². The quantitative estimate of drug-likeness (QED) is 0.691. The molecule has 2 aromatic carbocycles. The molecule has 0 fully saturated rings. The number of nitrogens with zero attached hydrogens (tertiary/aromatic N) is 1. The summed E-state index contributed by atoms with van der Waals surface area (Å²) in [4.78, 5) is 4.39. The molecule has 0 saturated heterocycles. The molecule has 1 aromatic heterocycles. The number of hydrogen-bond donors (Lipinski definition) is 1. The van der Waals surface area contributed by atoms with Crippen molar-refractivity contribution in [2.24, 2.45) is 0 Å². The molecule has 0 spiro atoms. The summed E-state index contributed by atoms with van der Waals surface area (Å²) >= 11 is 4.96. The molecular weight excluding hydrogens is 327 g/mol. The zero-order chi connectivity index (χ0) is 13.4. The van der Waals surface area contributed by atoms with Crippen molar-refractivity contribution in [1.29, 1.82) is 0 Å². The Hall–Kier alpha value is -1.46. The first-order chi connectivity index (χ1) is 9.11. The Labute approximate surface area is 122 Å². The van der Waals surface area contributed by atoms with Gasteiger partial charge in [0.15, 0.2) is 5.13 Å². The lowest BCUT2D eigenvalue weighted by molar-refractivity contribution is 0.629. The second-order valence-electron chi connectivity index (χ2n) is 4.22. The maximum Gasteiger partial charge on any atom is 0.188 e. The van der Waals surface area contributed by atoms with Crippen LogP contribution in [0.1, 0.15) is 5.56 Å². The molecule has 0 saturated carbocycles. The summed E-state index contributed by atoms with van der Waals surface area (Å²) < 4.78 is 15.1. The molecule has 2 nitrogen and oxygen atoms in total. The Kier molecular flexibility index (Phi) is 3.24. The maximum atomic E-state index is 13.1. The summed E-state index contributed by atoms with van der Waals surface area (Å²) in [7, 11) is 0. The molecule has 3 rings (SSSR count). The maximum absolute atomic E-state index is 13.1. The van der Waals surface area contributed by atoms with Gasteiger partial charge in [-0.2, -0.15) is 0 Å². The van der Waals surface area contributed by atoms with Crippen molar-refractivity contribution < 1.29 is 4.39 Å². The molecular formula is C14H10BrFN2S. The molecule has 3 aromatic rings. The average molecular weight is 337 g/mol. The minimum atomic E-state index is -0.261. The molecule has 0 unspecified atom stereocenters. The van der Waals surface area contributed by atoms with Gasteiger partial charge < -0.3 is 5.32 Å². The number of aryl methyl sites for hydroxylation is 1. The van der Waals surface area contributed by atoms with E-state index < -0.39 is 0 Å². The van der Waals surface area contributed by atoms with Gasteiger partial charge in [0.2, 0.25) is 0 Å². The van der Waals surface area contributed by atoms with Crippen LogP contribution in [0.4, 0.5) is 15.2 Å². The van der Waals surface area contributed by atoms with E-state index in [1.165, 1.54) is 23.5 Å². The number of nitrogens with one attached hydrogen (secondary N) is 1. The molecule has 0 amide bonds. The van der Waals surface area contributed by atoms with Crippen LogP contribution in [-0.4, -0.2) is 4.98 Å². The highest BCUT2D eigenvalue weighted by molar-refractivity contribution is 9.10. The van der Waals surface area contributed by atoms with Crippen molar-refractivity contribution >= 4 is 48.3 Å². The first-order valence-electron chi connectivity index (χ1n) is 5.71. The van der Waals surface area contributed by atoms with E-state index in [0.717, 1.165) is 25.6 Å². The minimum absolute atomic E-state index is 0.261. The highest BCUT2D eigenvalue weighted by atomic mass is 79.9. The Bertz CT molecular complexity index is 754. The number of thiazole rings is 1. The van der Waals surface area contributed by atoms with Gasteiger partial charge in [-0.15, -0.1) is 0 Å². The fourth-order valence-corrected chi connectivity index (χ4v) is 3.02. The van der Waals surface area contributed by atoms with Crippen LogP contribution in [0.15, 0.2) is 40.9 Å². The lowest BCUT2D eigenvalue weighted by Crippen LogP contribution is -1.92. The zero-order valence-corrected chi connectivity index (χ0v) is 12.5. The molecule has 0 aliphatic rings. The van der Waals surface area contributed by atoms with Crippen LogP contribution in [0, 0.1) is 12.7 Å². The standard InChI is InChI=1S/C14H10BrFN2S/c1-8-2-3-9(15)6-11(8)17-14-18-12-7-10(16)4-5-13(12)19-14/h2-7H,1H3,(H,17,18). The Morgan fingerprint density at radius 3 is 2.89 bits per heavy atom. The summed E-state index contributed by atoms with van der Waals surface area (Å²) in [5.41, 5.74) is 2.81. The largest absolute Gasteiger partial charge is 0.331 e. The number of halogens is 2. The number of aromatic nitrogens is 1. The van der Waals surface area contributed by atoms with Gasteiger partial charge in [0, 0.05) is 16.2 Å². The molecule has 1 N–H and O–H groups in total. The SMILES string of the molecule is Cc1ccc(Br)cc1Nc1nc2cc(F)ccc2s1. The van der Waals surface area contributed by atoms with Gasteiger partial charge in [0.05, 0.1) is 10.2 Å². The number of rotatable bonds is 2. The monoisotopic (exact) mass is 336 g/mol. The molecule has 5 heteroatoms. The molecule has 19 heavy (non-hydrogen) atoms. The van der Waals surface area contributed by atoms with Gasteiger partial charge in [-0.25, -0.2) is 9.37 Å². The van der Waals surface area contributed by atoms with Crippen LogP contribution in [0.5, 0.6) is 0 Å². The predicted octanol–water partition coefficient (Wildman–Crippen LogP) is 5.25. The van der Waals surface area contributed by atoms with Crippen molar-refractivity contribution in [1.82, 2.24) is 4.98 Å². The summed E-state index contributed by atoms with van der Waals surface area (Å²) in [6.45, 7) is 2.03. The van der Waals surface area contributed by atoms with Crippen molar-refractivity contribution in [3.05, 3.63) is 52.3 Å². The highest BCUT2D eigenvalue weighted by Crippen LogP contribution is 2.30. The van der Waals surface area contributed by atoms with Crippen molar-refractivity contribution in [3.8, 4) is 0 Å². The summed E-state index contributed by atoms with van der Waals surface area (Å²) in [5, 5.41) is 4.04. The van der Waals surface area contributed by atoms with Gasteiger partial charge in [0.1, 0.15) is 5.82 Å². The third kappa shape index (κ3) is 2.62. The summed E-state index contributed by atoms with van der Waals surface area (Å²) in [6, 6.07) is 10.7. The molecule has 0 radical (unpaired) electrons. The van der Waals surface area contributed by atoms with Crippen molar-refractivity contribution in [2.45, 2.75) is 6.92 Å². The topological polar surface area (TPSA) is 24.9 Å². The van der Waals surface area contributed by atoms with Crippen LogP contribution in [-0.2, 0) is 0 Å². The van der Waals surface area contributed by atoms with E-state index in [2.05, 4.69) is 26.2 Å². The first kappa shape index (κ1) is 12.6. The smallest absolute Gasteiger partial charge is 0.188 e. The lowest BCUT2D eigenvalue weighted by Gasteiger charge is -2.06. The van der Waals surface area contributed by atoms with E-state index in [-0.39, 0.29) is 5.82 Å². The fraction of sp³-hybridized carbons (Fsp3) is 0.0714. The van der Waals surface area contributed by atoms with Crippen LogP contribution in [0.2, 0.25) is 0 Å². The lowest BCUT2D eigenvalue weighted by atomic mass is 10.2. The molecule has 0 bridgehead atoms. The summed E-state index contributed by atoms with van der Waals surface area (Å²) in [5.74, 6) is -0.261. The average Bonchev–Trinajstić information content (AvgIpc) is 2.75. The molecule has 96 valence electrons. The molecule has 0 atom stereocenters. The van der Waals surface area contributed by atoms with E-state index in [1.54, 1.807) is 6.07 Å². The first-order valence-corrected chi connectivity index (χ1v) is 7.32. The Balaban J connectivity index is 1.98. The second kappa shape index (κ2) is 4.90. The van der Waals surface area contributed by atoms with Crippen LogP contribution in [0.25, 0.3) is 10.2 Å². The zero-order valence-electron chi connectivity index (χ0n) is 10.1. The van der Waals surface area contributed by atoms with Crippen LogP contribution >= 0.6 is 27.3 Å². The molecule has 0 aliphatic carbocycles. The number of benzene rings is 2. The molecule has 0 aliphatic heterocycles. The number of fused-ring (bicyclic) bond motifs is 1. The normalized spacial score (nSPS) is 10.9. The Morgan fingerprint density at radius 1 is 1.21 bits per heavy atom. The van der Waals surface area contributed by atoms with E-state index in [0.29, 0.717) is 5.52 Å². The van der Waals surface area contributed by atoms with Gasteiger partial charge in [-0.05, 0) is 36.8 Å². The van der Waals surface area contributed by atoms with Crippen molar-refractivity contribution in [2.75, 3.05) is 5.32 Å². The fourth-order valence-electron chi connectivity index (χ4n) is 1.80. The summed E-state index contributed by atoms with van der Waals surface area (Å²) in [6.07, 6.45) is 0. The van der Waals surface area contributed by atoms with Gasteiger partial charge in [-0.1, -0.05) is 33.3 Å². The van der Waals surface area contributed by atoms with E-state index in [1.807, 2.05) is 25.1 Å². The third-order valence-corrected chi connectivity index (χ3v) is 4.24. The van der Waals surface area contributed by atoms with Gasteiger partial charge >= 0.3 is 0 Å². The Morgan fingerprint density at radius 2 is 2.05 bits per heavy atom. The van der Waals surface area contributed by atoms with Gasteiger partial charge in [0.25, 0.3) is 0 Å². The number of anilines is 2. The van der Waals surface area contributed by atoms with E-state index >= 15 is 0 Å². The second-order valence-corrected chi connectivity index (χ2v) is 6.16. The van der Waals surface area contributed by atoms with Crippen LogP contribution in [0.3, 0.4) is 0 Å². The highest BCUT2D eigenvalue weighted by Gasteiger charge is 2.06. The predicted molar refractivity (Wildman–Crippen MR) is 81.7 cm³/mol. The van der Waals surface area contributed by atoms with Gasteiger partial charge in [-0.3, -0.25) is 0 Å². The van der Waals surface area contributed by atoms with E-state index in [4.69, 9.17) is 0 Å². The number of hydrogen-bond acceptors (Lipinski definition) is 3. The molecule has 1 heterocycles.